The van der Waals surface area contributed by atoms with Crippen LogP contribution in [-0.2, 0) is 21.4 Å². The van der Waals surface area contributed by atoms with Crippen molar-refractivity contribution in [2.75, 3.05) is 24.7 Å². The van der Waals surface area contributed by atoms with E-state index in [0.29, 0.717) is 36.6 Å². The van der Waals surface area contributed by atoms with Crippen LogP contribution in [0.5, 0.6) is 0 Å². The van der Waals surface area contributed by atoms with Crippen LogP contribution in [0.4, 0.5) is 33.3 Å². The Kier molecular flexibility index (Phi) is 5.58. The summed E-state index contributed by atoms with van der Waals surface area (Å²) in [4.78, 5) is 1.70. The largest absolute Gasteiger partial charge is 0.416 e. The van der Waals surface area contributed by atoms with Gasteiger partial charge in [0, 0.05) is 17.3 Å². The Morgan fingerprint density at radius 1 is 0.912 bits per heavy atom. The molecule has 34 heavy (non-hydrogen) atoms. The minimum absolute atomic E-state index is 0.131. The van der Waals surface area contributed by atoms with Crippen LogP contribution in [0.1, 0.15) is 34.8 Å². The van der Waals surface area contributed by atoms with Gasteiger partial charge in [0.05, 0.1) is 31.0 Å². The third-order valence-corrected chi connectivity index (χ3v) is 6.14. The SMILES string of the molecule is OC(c1ccc2c(c1)C1(CN2c2ccc(F)c(F)c2)OCCCO1)c1ccccc1C(F)(F)F. The van der Waals surface area contributed by atoms with Crippen molar-refractivity contribution in [3.63, 3.8) is 0 Å². The highest BCUT2D eigenvalue weighted by Crippen LogP contribution is 2.48. The van der Waals surface area contributed by atoms with Crippen LogP contribution in [0.3, 0.4) is 0 Å². The van der Waals surface area contributed by atoms with E-state index < -0.39 is 35.3 Å². The van der Waals surface area contributed by atoms with E-state index in [2.05, 4.69) is 0 Å². The molecule has 0 aromatic heterocycles. The van der Waals surface area contributed by atoms with E-state index in [0.717, 1.165) is 18.2 Å². The van der Waals surface area contributed by atoms with Crippen molar-refractivity contribution < 1.29 is 36.5 Å². The maximum atomic E-state index is 13.9. The zero-order valence-electron chi connectivity index (χ0n) is 17.8. The fourth-order valence-electron chi connectivity index (χ4n) is 4.52. The van der Waals surface area contributed by atoms with Gasteiger partial charge in [-0.25, -0.2) is 8.78 Å². The molecule has 3 aromatic rings. The number of aliphatic hydroxyl groups excluding tert-OH is 1. The highest BCUT2D eigenvalue weighted by Gasteiger charge is 2.47. The average Bonchev–Trinajstić information content (AvgIpc) is 3.13. The zero-order chi connectivity index (χ0) is 24.1. The van der Waals surface area contributed by atoms with Gasteiger partial charge in [0.1, 0.15) is 6.10 Å². The number of halogens is 5. The van der Waals surface area contributed by atoms with Crippen molar-refractivity contribution in [3.8, 4) is 0 Å². The van der Waals surface area contributed by atoms with Crippen LogP contribution in [0.25, 0.3) is 0 Å². The van der Waals surface area contributed by atoms with Crippen molar-refractivity contribution in [2.45, 2.75) is 24.5 Å². The summed E-state index contributed by atoms with van der Waals surface area (Å²) in [7, 11) is 0. The number of rotatable bonds is 3. The first kappa shape index (κ1) is 22.8. The van der Waals surface area contributed by atoms with Gasteiger partial charge in [-0.15, -0.1) is 0 Å². The molecule has 178 valence electrons. The van der Waals surface area contributed by atoms with Crippen LogP contribution in [0, 0.1) is 11.6 Å². The summed E-state index contributed by atoms with van der Waals surface area (Å²) >= 11 is 0. The fraction of sp³-hybridized carbons (Fsp3) is 0.280. The van der Waals surface area contributed by atoms with Crippen LogP contribution < -0.4 is 4.90 Å². The Morgan fingerprint density at radius 2 is 1.65 bits per heavy atom. The summed E-state index contributed by atoms with van der Waals surface area (Å²) in [5.41, 5.74) is 0.451. The molecule has 0 saturated carbocycles. The van der Waals surface area contributed by atoms with E-state index in [9.17, 15) is 27.1 Å². The molecular weight excluding hydrogens is 457 g/mol. The summed E-state index contributed by atoms with van der Waals surface area (Å²) in [5.74, 6) is -3.25. The number of benzene rings is 3. The number of anilines is 2. The topological polar surface area (TPSA) is 41.9 Å². The second-order valence-electron chi connectivity index (χ2n) is 8.25. The zero-order valence-corrected chi connectivity index (χ0v) is 17.8. The van der Waals surface area contributed by atoms with Crippen molar-refractivity contribution >= 4 is 11.4 Å². The van der Waals surface area contributed by atoms with Gasteiger partial charge in [-0.1, -0.05) is 24.3 Å². The molecule has 9 heteroatoms. The van der Waals surface area contributed by atoms with Crippen LogP contribution in [-0.4, -0.2) is 24.9 Å². The highest BCUT2D eigenvalue weighted by molar-refractivity contribution is 5.72. The summed E-state index contributed by atoms with van der Waals surface area (Å²) in [6.07, 6.45) is -5.53. The molecular formula is C25H20F5NO3. The van der Waals surface area contributed by atoms with Gasteiger partial charge in [0.25, 0.3) is 0 Å². The first-order valence-electron chi connectivity index (χ1n) is 10.7. The Balaban J connectivity index is 1.60. The molecule has 3 aromatic carbocycles. The molecule has 1 N–H and O–H groups in total. The average molecular weight is 477 g/mol. The number of fused-ring (bicyclic) bond motifs is 2. The molecule has 0 aliphatic carbocycles. The van der Waals surface area contributed by atoms with Crippen LogP contribution in [0.2, 0.25) is 0 Å². The van der Waals surface area contributed by atoms with Gasteiger partial charge >= 0.3 is 6.18 Å². The summed E-state index contributed by atoms with van der Waals surface area (Å²) in [5, 5.41) is 10.9. The molecule has 1 spiro atoms. The standard InChI is InChI=1S/C25H20F5NO3/c26-20-8-7-16(13-21(20)27)31-14-24(33-10-3-11-34-24)19-12-15(6-9-22(19)31)23(32)17-4-1-2-5-18(17)25(28,29)30/h1-2,4-9,12-13,23,32H,3,10-11,14H2. The van der Waals surface area contributed by atoms with E-state index in [1.807, 2.05) is 0 Å². The molecule has 2 aliphatic heterocycles. The van der Waals surface area contributed by atoms with Crippen LogP contribution in [0.15, 0.2) is 60.7 Å². The van der Waals surface area contributed by atoms with Gasteiger partial charge in [-0.05, 0) is 47.9 Å². The van der Waals surface area contributed by atoms with E-state index in [-0.39, 0.29) is 17.7 Å². The lowest BCUT2D eigenvalue weighted by atomic mass is 9.94. The molecule has 0 radical (unpaired) electrons. The first-order chi connectivity index (χ1) is 16.2. The van der Waals surface area contributed by atoms with Gasteiger partial charge in [0.2, 0.25) is 5.79 Å². The minimum atomic E-state index is -4.63. The number of ether oxygens (including phenoxy) is 2. The molecule has 2 heterocycles. The minimum Gasteiger partial charge on any atom is -0.384 e. The number of hydrogen-bond donors (Lipinski definition) is 1. The van der Waals surface area contributed by atoms with Gasteiger partial charge in [-0.3, -0.25) is 0 Å². The second kappa shape index (κ2) is 8.33. The smallest absolute Gasteiger partial charge is 0.384 e. The molecule has 0 amide bonds. The number of nitrogens with zero attached hydrogens (tertiary/aromatic N) is 1. The predicted molar refractivity (Wildman–Crippen MR) is 114 cm³/mol. The Labute approximate surface area is 192 Å². The summed E-state index contributed by atoms with van der Waals surface area (Å²) in [6.45, 7) is 0.898. The molecule has 1 fully saturated rings. The third-order valence-electron chi connectivity index (χ3n) is 6.14. The Bertz CT molecular complexity index is 1220. The van der Waals surface area contributed by atoms with E-state index in [4.69, 9.17) is 9.47 Å². The highest BCUT2D eigenvalue weighted by atomic mass is 19.4. The summed E-state index contributed by atoms with van der Waals surface area (Å²) < 4.78 is 80.0. The van der Waals surface area contributed by atoms with Crippen molar-refractivity contribution in [1.29, 1.82) is 0 Å². The Morgan fingerprint density at radius 3 is 2.35 bits per heavy atom. The van der Waals surface area contributed by atoms with E-state index in [1.54, 1.807) is 17.0 Å². The monoisotopic (exact) mass is 477 g/mol. The van der Waals surface area contributed by atoms with Gasteiger partial charge in [0.15, 0.2) is 11.6 Å². The van der Waals surface area contributed by atoms with Crippen molar-refractivity contribution in [3.05, 3.63) is 94.6 Å². The quantitative estimate of drug-likeness (QED) is 0.484. The predicted octanol–water partition coefficient (Wildman–Crippen LogP) is 5.81. The number of aliphatic hydroxyl groups is 1. The second-order valence-corrected chi connectivity index (χ2v) is 8.25. The normalized spacial score (nSPS) is 18.2. The molecule has 1 saturated heterocycles. The number of hydrogen-bond acceptors (Lipinski definition) is 4. The van der Waals surface area contributed by atoms with E-state index >= 15 is 0 Å². The third kappa shape index (κ3) is 3.83. The molecule has 4 nitrogen and oxygen atoms in total. The lowest BCUT2D eigenvalue weighted by molar-refractivity contribution is -0.265. The number of alkyl halides is 3. The van der Waals surface area contributed by atoms with Crippen molar-refractivity contribution in [1.82, 2.24) is 0 Å². The first-order valence-corrected chi connectivity index (χ1v) is 10.7. The lowest BCUT2D eigenvalue weighted by Gasteiger charge is -2.34. The molecule has 1 unspecified atom stereocenters. The van der Waals surface area contributed by atoms with Gasteiger partial charge < -0.3 is 19.5 Å². The fourth-order valence-corrected chi connectivity index (χ4v) is 4.52. The molecule has 1 atom stereocenters. The Hall–Kier alpha value is -3.01. The van der Waals surface area contributed by atoms with Crippen LogP contribution >= 0.6 is 0 Å². The maximum Gasteiger partial charge on any atom is 0.416 e. The van der Waals surface area contributed by atoms with Crippen molar-refractivity contribution in [2.24, 2.45) is 0 Å². The lowest BCUT2D eigenvalue weighted by Crippen LogP contribution is -2.41. The maximum absolute atomic E-state index is 13.9. The van der Waals surface area contributed by atoms with Gasteiger partial charge in [-0.2, -0.15) is 13.2 Å². The molecule has 2 aliphatic rings. The molecule has 5 rings (SSSR count). The molecule has 0 bridgehead atoms. The van der Waals surface area contributed by atoms with E-state index in [1.165, 1.54) is 30.3 Å². The summed E-state index contributed by atoms with van der Waals surface area (Å²) in [6, 6.07) is 13.0.